The van der Waals surface area contributed by atoms with Crippen molar-refractivity contribution in [1.29, 1.82) is 0 Å². The van der Waals surface area contributed by atoms with Crippen LogP contribution < -0.4 is 0 Å². The summed E-state index contributed by atoms with van der Waals surface area (Å²) in [6.45, 7) is 17.7. The first-order valence-corrected chi connectivity index (χ1v) is 14.4. The SMILES string of the molecule is COCCCn1nc(C)c2ccc(C[C@H](C[C@@H]([C@@H]3C[C@@H](C(C)C)C(=O)O3)N(C(=O)O)C(C)(C)C)C(C)C)cc21. The number of fused-ring (bicyclic) bond motifs is 1. The molecule has 0 radical (unpaired) electrons. The standard InChI is InChI=1S/C31H49N3O5/c1-19(2)23(15-22-11-12-24-21(5)32-33(26(24)16-22)13-10-14-38-9)17-27(34(30(36)37)31(6,7)8)28-18-25(20(3)4)29(35)39-28/h11-12,16,19-20,23,25,27-28H,10,13-15,17-18H2,1-9H3,(H,36,37)/t23-,25+,27+,28+/m1/s1. The smallest absolute Gasteiger partial charge is 0.408 e. The Bertz CT molecular complexity index is 1130. The van der Waals surface area contributed by atoms with Crippen molar-refractivity contribution >= 4 is 23.0 Å². The molecule has 0 saturated carbocycles. The molecule has 2 aromatic rings. The van der Waals surface area contributed by atoms with E-state index >= 15 is 0 Å². The van der Waals surface area contributed by atoms with Gasteiger partial charge in [-0.3, -0.25) is 14.4 Å². The number of esters is 1. The van der Waals surface area contributed by atoms with E-state index in [0.717, 1.165) is 36.0 Å². The van der Waals surface area contributed by atoms with Gasteiger partial charge in [0.25, 0.3) is 0 Å². The average molecular weight is 544 g/mol. The molecular formula is C31H49N3O5. The van der Waals surface area contributed by atoms with Gasteiger partial charge in [0.05, 0.1) is 23.2 Å². The fraction of sp³-hybridized carbons (Fsp3) is 0.710. The molecular weight excluding hydrogens is 494 g/mol. The van der Waals surface area contributed by atoms with E-state index in [1.807, 2.05) is 41.5 Å². The Morgan fingerprint density at radius 3 is 2.49 bits per heavy atom. The second-order valence-corrected chi connectivity index (χ2v) is 12.9. The number of benzene rings is 1. The molecule has 1 fully saturated rings. The lowest BCUT2D eigenvalue weighted by Gasteiger charge is -2.43. The van der Waals surface area contributed by atoms with Crippen LogP contribution in [0.1, 0.15) is 79.0 Å². The molecule has 1 aliphatic rings. The highest BCUT2D eigenvalue weighted by molar-refractivity contribution is 5.82. The summed E-state index contributed by atoms with van der Waals surface area (Å²) in [5.41, 5.74) is 2.70. The molecule has 8 heteroatoms. The van der Waals surface area contributed by atoms with Gasteiger partial charge >= 0.3 is 12.1 Å². The molecule has 4 atom stereocenters. The molecule has 1 amide bonds. The third-order valence-electron chi connectivity index (χ3n) is 8.25. The summed E-state index contributed by atoms with van der Waals surface area (Å²) >= 11 is 0. The zero-order valence-corrected chi connectivity index (χ0v) is 25.4. The van der Waals surface area contributed by atoms with E-state index in [1.165, 1.54) is 10.5 Å². The monoisotopic (exact) mass is 543 g/mol. The number of cyclic esters (lactones) is 1. The highest BCUT2D eigenvalue weighted by Gasteiger charge is 2.46. The summed E-state index contributed by atoms with van der Waals surface area (Å²) in [6, 6.07) is 6.13. The second-order valence-electron chi connectivity index (χ2n) is 12.9. The molecule has 218 valence electrons. The van der Waals surface area contributed by atoms with Crippen molar-refractivity contribution in [3.63, 3.8) is 0 Å². The van der Waals surface area contributed by atoms with Crippen LogP contribution in [0, 0.1) is 30.6 Å². The minimum absolute atomic E-state index is 0.154. The molecule has 0 bridgehead atoms. The van der Waals surface area contributed by atoms with Gasteiger partial charge in [0.15, 0.2) is 0 Å². The van der Waals surface area contributed by atoms with Gasteiger partial charge < -0.3 is 14.6 Å². The van der Waals surface area contributed by atoms with Gasteiger partial charge in [-0.15, -0.1) is 0 Å². The number of aromatic nitrogens is 2. The van der Waals surface area contributed by atoms with E-state index < -0.39 is 23.8 Å². The highest BCUT2D eigenvalue weighted by atomic mass is 16.6. The van der Waals surface area contributed by atoms with Gasteiger partial charge in [0.1, 0.15) is 6.10 Å². The van der Waals surface area contributed by atoms with Crippen molar-refractivity contribution in [2.45, 2.75) is 105 Å². The molecule has 39 heavy (non-hydrogen) atoms. The first-order chi connectivity index (χ1) is 18.2. The number of aryl methyl sites for hydroxylation is 2. The van der Waals surface area contributed by atoms with Gasteiger partial charge in [-0.2, -0.15) is 5.10 Å². The summed E-state index contributed by atoms with van der Waals surface area (Å²) in [7, 11) is 1.71. The molecule has 3 rings (SSSR count). The van der Waals surface area contributed by atoms with E-state index in [0.29, 0.717) is 25.4 Å². The van der Waals surface area contributed by atoms with Crippen LogP contribution in [-0.2, 0) is 27.2 Å². The fourth-order valence-electron chi connectivity index (χ4n) is 6.01. The fourth-order valence-corrected chi connectivity index (χ4v) is 6.01. The predicted molar refractivity (Wildman–Crippen MR) is 154 cm³/mol. The van der Waals surface area contributed by atoms with E-state index in [-0.39, 0.29) is 23.7 Å². The van der Waals surface area contributed by atoms with Crippen molar-refractivity contribution in [3.8, 4) is 0 Å². The van der Waals surface area contributed by atoms with Crippen molar-refractivity contribution in [1.82, 2.24) is 14.7 Å². The molecule has 0 spiro atoms. The topological polar surface area (TPSA) is 93.9 Å². The zero-order valence-electron chi connectivity index (χ0n) is 25.4. The Kier molecular flexibility index (Phi) is 10.1. The van der Waals surface area contributed by atoms with Crippen LogP contribution in [0.2, 0.25) is 0 Å². The Morgan fingerprint density at radius 2 is 1.95 bits per heavy atom. The van der Waals surface area contributed by atoms with E-state index in [4.69, 9.17) is 14.6 Å². The lowest BCUT2D eigenvalue weighted by Crippen LogP contribution is -2.56. The molecule has 1 aromatic heterocycles. The molecule has 1 aliphatic heterocycles. The zero-order chi connectivity index (χ0) is 29.1. The number of hydrogen-bond donors (Lipinski definition) is 1. The van der Waals surface area contributed by atoms with Gasteiger partial charge in [-0.05, 0) is 82.8 Å². The molecule has 0 unspecified atom stereocenters. The summed E-state index contributed by atoms with van der Waals surface area (Å²) in [6.07, 6.45) is 1.44. The molecule has 0 aliphatic carbocycles. The Balaban J connectivity index is 1.93. The number of nitrogens with zero attached hydrogens (tertiary/aromatic N) is 3. The lowest BCUT2D eigenvalue weighted by atomic mass is 9.80. The number of methoxy groups -OCH3 is 1. The summed E-state index contributed by atoms with van der Waals surface area (Å²) in [4.78, 5) is 26.9. The van der Waals surface area contributed by atoms with Gasteiger partial charge in [-0.25, -0.2) is 4.79 Å². The lowest BCUT2D eigenvalue weighted by molar-refractivity contribution is -0.148. The first-order valence-electron chi connectivity index (χ1n) is 14.4. The van der Waals surface area contributed by atoms with Gasteiger partial charge in [0, 0.05) is 31.2 Å². The number of hydrogen-bond acceptors (Lipinski definition) is 5. The van der Waals surface area contributed by atoms with Crippen molar-refractivity contribution < 1.29 is 24.2 Å². The minimum atomic E-state index is -0.976. The third kappa shape index (κ3) is 7.33. The van der Waals surface area contributed by atoms with E-state index in [1.54, 1.807) is 7.11 Å². The number of carbonyl (C=O) groups is 2. The van der Waals surface area contributed by atoms with Crippen molar-refractivity contribution in [3.05, 3.63) is 29.5 Å². The molecule has 8 nitrogen and oxygen atoms in total. The van der Waals surface area contributed by atoms with Gasteiger partial charge in [0.2, 0.25) is 0 Å². The molecule has 1 N–H and O–H groups in total. The maximum Gasteiger partial charge on any atom is 0.408 e. The normalized spacial score (nSPS) is 19.6. The molecule has 1 aromatic carbocycles. The second kappa shape index (κ2) is 12.7. The van der Waals surface area contributed by atoms with Gasteiger partial charge in [-0.1, -0.05) is 39.8 Å². The summed E-state index contributed by atoms with van der Waals surface area (Å²) in [5.74, 6) is 0.253. The van der Waals surface area contributed by atoms with Crippen molar-refractivity contribution in [2.75, 3.05) is 13.7 Å². The number of carbonyl (C=O) groups excluding carboxylic acids is 1. The number of rotatable bonds is 12. The Morgan fingerprint density at radius 1 is 1.26 bits per heavy atom. The van der Waals surface area contributed by atoms with Crippen molar-refractivity contribution in [2.24, 2.45) is 23.7 Å². The van der Waals surface area contributed by atoms with Crippen LogP contribution in [0.5, 0.6) is 0 Å². The Labute approximate surface area is 234 Å². The van der Waals surface area contributed by atoms with Crippen LogP contribution in [-0.4, -0.2) is 63.3 Å². The maximum absolute atomic E-state index is 12.7. The van der Waals surface area contributed by atoms with E-state index in [2.05, 4.69) is 36.7 Å². The third-order valence-corrected chi connectivity index (χ3v) is 8.25. The van der Waals surface area contributed by atoms with Crippen LogP contribution in [0.3, 0.4) is 0 Å². The largest absolute Gasteiger partial charge is 0.465 e. The summed E-state index contributed by atoms with van der Waals surface area (Å²) < 4.78 is 13.2. The number of carboxylic acid groups (broad SMARTS) is 1. The number of ether oxygens (including phenoxy) is 2. The molecule has 1 saturated heterocycles. The number of amides is 1. The first kappa shape index (κ1) is 30.9. The van der Waals surface area contributed by atoms with Crippen LogP contribution in [0.4, 0.5) is 4.79 Å². The quantitative estimate of drug-likeness (QED) is 0.249. The van der Waals surface area contributed by atoms with Crippen LogP contribution in [0.25, 0.3) is 10.9 Å². The Hall–Kier alpha value is -2.61. The predicted octanol–water partition coefficient (Wildman–Crippen LogP) is 6.32. The van der Waals surface area contributed by atoms with E-state index in [9.17, 15) is 14.7 Å². The van der Waals surface area contributed by atoms with Crippen LogP contribution >= 0.6 is 0 Å². The van der Waals surface area contributed by atoms with Crippen LogP contribution in [0.15, 0.2) is 18.2 Å². The summed E-state index contributed by atoms with van der Waals surface area (Å²) in [5, 5.41) is 16.2. The highest BCUT2D eigenvalue weighted by Crippen LogP contribution is 2.37. The average Bonchev–Trinajstić information content (AvgIpc) is 3.36. The minimum Gasteiger partial charge on any atom is -0.465 e. The maximum atomic E-state index is 12.7. The molecule has 2 heterocycles.